The van der Waals surface area contributed by atoms with E-state index in [4.69, 9.17) is 39.5 Å². The number of nitrogens with zero attached hydrogens (tertiary/aromatic N) is 3. The van der Waals surface area contributed by atoms with E-state index in [2.05, 4.69) is 32.7 Å². The molecule has 0 saturated carbocycles. The molecule has 1 aromatic heterocycles. The van der Waals surface area contributed by atoms with Gasteiger partial charge in [-0.05, 0) is 47.9 Å². The second-order valence-corrected chi connectivity index (χ2v) is 11.2. The van der Waals surface area contributed by atoms with Crippen molar-refractivity contribution in [1.82, 2.24) is 15.6 Å². The number of anilines is 3. The van der Waals surface area contributed by atoms with Crippen molar-refractivity contribution in [3.63, 3.8) is 0 Å². The molecule has 7 nitrogen and oxygen atoms in total. The highest BCUT2D eigenvalue weighted by molar-refractivity contribution is 6.40. The van der Waals surface area contributed by atoms with Crippen molar-refractivity contribution in [2.24, 2.45) is 0 Å². The Morgan fingerprint density at radius 3 is 2.54 bits per heavy atom. The monoisotopic (exact) mass is 607 g/mol. The second kappa shape index (κ2) is 11.8. The Kier molecular flexibility index (Phi) is 7.95. The highest BCUT2D eigenvalue weighted by Gasteiger charge is 2.32. The molecule has 10 heteroatoms. The number of carbonyl (C=O) groups is 1. The van der Waals surface area contributed by atoms with Gasteiger partial charge in [0.25, 0.3) is 0 Å². The van der Waals surface area contributed by atoms with Crippen molar-refractivity contribution < 1.29 is 9.53 Å². The quantitative estimate of drug-likeness (QED) is 0.244. The Hall–Kier alpha value is -3.49. The summed E-state index contributed by atoms with van der Waals surface area (Å²) in [6, 6.07) is 20.8. The van der Waals surface area contributed by atoms with Crippen LogP contribution in [0.4, 0.5) is 22.0 Å². The van der Waals surface area contributed by atoms with Gasteiger partial charge in [-0.3, -0.25) is 4.90 Å². The normalized spacial score (nSPS) is 16.8. The van der Waals surface area contributed by atoms with Gasteiger partial charge in [0.05, 0.1) is 28.5 Å². The molecule has 210 valence electrons. The van der Waals surface area contributed by atoms with Crippen molar-refractivity contribution in [3.8, 4) is 16.9 Å². The van der Waals surface area contributed by atoms with E-state index in [0.717, 1.165) is 59.1 Å². The van der Waals surface area contributed by atoms with Crippen molar-refractivity contribution >= 4 is 58.0 Å². The first-order chi connectivity index (χ1) is 19.9. The maximum absolute atomic E-state index is 13.4. The van der Waals surface area contributed by atoms with E-state index in [1.54, 1.807) is 36.4 Å². The van der Waals surface area contributed by atoms with Gasteiger partial charge in [-0.1, -0.05) is 65.1 Å². The number of benzene rings is 3. The van der Waals surface area contributed by atoms with Crippen LogP contribution in [0.1, 0.15) is 11.1 Å². The maximum Gasteiger partial charge on any atom is 0.326 e. The number of fused-ring (bicyclic) bond motifs is 1. The summed E-state index contributed by atoms with van der Waals surface area (Å²) in [4.78, 5) is 21.9. The average molecular weight is 609 g/mol. The van der Waals surface area contributed by atoms with Crippen LogP contribution in [-0.4, -0.2) is 43.8 Å². The van der Waals surface area contributed by atoms with Gasteiger partial charge in [-0.15, -0.1) is 0 Å². The Balaban J connectivity index is 1.49. The minimum Gasteiger partial charge on any atom is -0.497 e. The van der Waals surface area contributed by atoms with Gasteiger partial charge in [0.2, 0.25) is 0 Å². The summed E-state index contributed by atoms with van der Waals surface area (Å²) in [5, 5.41) is 7.93. The standard InChI is InChI=1S/C31H28Cl3N5O2/c1-41-21-9-10-36-29(16-21)38-12-11-35-17-20(38)13-19-14-23(22-5-2-3-6-25(22)32)24-18-37-31(40)39(28(24)15-19)30-26(33)7-4-8-27(30)34/h2-10,14-16,20,35H,11-13,17-18H2,1H3,(H,37,40). The number of piperazine rings is 1. The molecule has 0 spiro atoms. The van der Waals surface area contributed by atoms with Gasteiger partial charge in [-0.2, -0.15) is 0 Å². The van der Waals surface area contributed by atoms with Crippen LogP contribution >= 0.6 is 34.8 Å². The van der Waals surface area contributed by atoms with Gasteiger partial charge < -0.3 is 20.3 Å². The van der Waals surface area contributed by atoms with Crippen LogP contribution in [0.3, 0.4) is 0 Å². The Morgan fingerprint density at radius 1 is 0.976 bits per heavy atom. The van der Waals surface area contributed by atoms with Crippen molar-refractivity contribution in [2.75, 3.05) is 36.5 Å². The number of hydrogen-bond acceptors (Lipinski definition) is 5. The number of rotatable bonds is 6. The third-order valence-electron chi connectivity index (χ3n) is 7.54. The van der Waals surface area contributed by atoms with Crippen molar-refractivity contribution in [2.45, 2.75) is 19.0 Å². The number of methoxy groups -OCH3 is 1. The second-order valence-electron chi connectivity index (χ2n) is 9.99. The highest BCUT2D eigenvalue weighted by Crippen LogP contribution is 2.45. The van der Waals surface area contributed by atoms with Crippen LogP contribution in [0.25, 0.3) is 11.1 Å². The number of hydrogen-bond donors (Lipinski definition) is 2. The largest absolute Gasteiger partial charge is 0.497 e. The number of ether oxygens (including phenoxy) is 1. The zero-order valence-electron chi connectivity index (χ0n) is 22.3. The third-order valence-corrected chi connectivity index (χ3v) is 8.48. The molecule has 2 aliphatic rings. The summed E-state index contributed by atoms with van der Waals surface area (Å²) >= 11 is 20.0. The Morgan fingerprint density at radius 2 is 1.76 bits per heavy atom. The Labute approximate surface area is 254 Å². The zero-order chi connectivity index (χ0) is 28.5. The molecule has 1 atom stereocenters. The average Bonchev–Trinajstić information content (AvgIpc) is 2.98. The molecule has 0 bridgehead atoms. The fourth-order valence-electron chi connectivity index (χ4n) is 5.62. The lowest BCUT2D eigenvalue weighted by molar-refractivity contribution is 0.247. The molecule has 6 rings (SSSR count). The number of aromatic nitrogens is 1. The smallest absolute Gasteiger partial charge is 0.326 e. The lowest BCUT2D eigenvalue weighted by Gasteiger charge is -2.38. The third kappa shape index (κ3) is 5.43. The van der Waals surface area contributed by atoms with E-state index in [1.165, 1.54) is 0 Å². The van der Waals surface area contributed by atoms with Gasteiger partial charge in [0, 0.05) is 60.6 Å². The van der Waals surface area contributed by atoms with Crippen molar-refractivity contribution in [1.29, 1.82) is 0 Å². The lowest BCUT2D eigenvalue weighted by atomic mass is 9.91. The number of pyridine rings is 1. The van der Waals surface area contributed by atoms with Crippen LogP contribution in [0.15, 0.2) is 72.9 Å². The first kappa shape index (κ1) is 27.7. The van der Waals surface area contributed by atoms with Gasteiger partial charge in [0.1, 0.15) is 11.6 Å². The molecule has 1 saturated heterocycles. The summed E-state index contributed by atoms with van der Waals surface area (Å²) in [6.45, 7) is 2.77. The number of nitrogens with one attached hydrogen (secondary N) is 2. The SMILES string of the molecule is COc1ccnc(N2CCNCC2Cc2cc(-c3ccccc3Cl)c3c(c2)N(c2c(Cl)cccc2Cl)C(=O)NC3)c1. The topological polar surface area (TPSA) is 69.7 Å². The number of carbonyl (C=O) groups excluding carboxylic acids is 1. The number of para-hydroxylation sites is 1. The summed E-state index contributed by atoms with van der Waals surface area (Å²) in [6.07, 6.45) is 2.47. The minimum atomic E-state index is -0.295. The van der Waals surface area contributed by atoms with Gasteiger partial charge in [-0.25, -0.2) is 9.78 Å². The van der Waals surface area contributed by atoms with Crippen molar-refractivity contribution in [3.05, 3.63) is 99.1 Å². The minimum absolute atomic E-state index is 0.107. The summed E-state index contributed by atoms with van der Waals surface area (Å²) in [5.41, 5.74) is 4.99. The van der Waals surface area contributed by atoms with Crippen LogP contribution in [0, 0.1) is 0 Å². The van der Waals surface area contributed by atoms with E-state index < -0.39 is 0 Å². The first-order valence-electron chi connectivity index (χ1n) is 13.3. The predicted octanol–water partition coefficient (Wildman–Crippen LogP) is 7.10. The van der Waals surface area contributed by atoms with Crippen LogP contribution in [0.5, 0.6) is 5.75 Å². The fourth-order valence-corrected chi connectivity index (χ4v) is 6.42. The zero-order valence-corrected chi connectivity index (χ0v) is 24.6. The molecule has 0 aliphatic carbocycles. The maximum atomic E-state index is 13.4. The van der Waals surface area contributed by atoms with E-state index in [1.807, 2.05) is 36.4 Å². The molecule has 0 radical (unpaired) electrons. The van der Waals surface area contributed by atoms with E-state index >= 15 is 0 Å². The molecule has 2 aliphatic heterocycles. The first-order valence-corrected chi connectivity index (χ1v) is 14.5. The fraction of sp³-hybridized carbons (Fsp3) is 0.226. The predicted molar refractivity (Wildman–Crippen MR) is 166 cm³/mol. The summed E-state index contributed by atoms with van der Waals surface area (Å²) in [5.74, 6) is 1.63. The molecule has 1 unspecified atom stereocenters. The van der Waals surface area contributed by atoms with Crippen LogP contribution < -0.4 is 25.2 Å². The molecular weight excluding hydrogens is 581 g/mol. The van der Waals surface area contributed by atoms with E-state index in [0.29, 0.717) is 33.7 Å². The number of amides is 2. The number of urea groups is 1. The lowest BCUT2D eigenvalue weighted by Crippen LogP contribution is -2.52. The van der Waals surface area contributed by atoms with Crippen LogP contribution in [-0.2, 0) is 13.0 Å². The highest BCUT2D eigenvalue weighted by atomic mass is 35.5. The molecular formula is C31H28Cl3N5O2. The molecule has 2 N–H and O–H groups in total. The van der Waals surface area contributed by atoms with E-state index in [9.17, 15) is 4.79 Å². The van der Waals surface area contributed by atoms with Crippen LogP contribution in [0.2, 0.25) is 15.1 Å². The molecule has 3 heterocycles. The van der Waals surface area contributed by atoms with Gasteiger partial charge in [0.15, 0.2) is 0 Å². The molecule has 3 aromatic carbocycles. The Bertz CT molecular complexity index is 1590. The molecule has 4 aromatic rings. The van der Waals surface area contributed by atoms with E-state index in [-0.39, 0.29) is 12.1 Å². The summed E-state index contributed by atoms with van der Waals surface area (Å²) in [7, 11) is 1.66. The van der Waals surface area contributed by atoms with Gasteiger partial charge >= 0.3 is 6.03 Å². The molecule has 41 heavy (non-hydrogen) atoms. The summed E-state index contributed by atoms with van der Waals surface area (Å²) < 4.78 is 5.46. The molecule has 1 fully saturated rings. The number of halogens is 3. The molecule has 2 amide bonds.